The zero-order valence-electron chi connectivity index (χ0n) is 23.8. The molecule has 41 heavy (non-hydrogen) atoms. The van der Waals surface area contributed by atoms with Crippen LogP contribution in [0, 0.1) is 0 Å². The smallest absolute Gasteiger partial charge is 0.407 e. The van der Waals surface area contributed by atoms with Gasteiger partial charge in [-0.2, -0.15) is 17.6 Å². The Bertz CT molecular complexity index is 989. The lowest BCUT2D eigenvalue weighted by atomic mass is 10.1. The first-order chi connectivity index (χ1) is 18.4. The Balaban J connectivity index is 0. The van der Waals surface area contributed by atoms with E-state index in [0.717, 1.165) is 25.0 Å². The predicted octanol–water partition coefficient (Wildman–Crippen LogP) is 6.28. The Morgan fingerprint density at radius 1 is 0.805 bits per heavy atom. The quantitative estimate of drug-likeness (QED) is 0.317. The van der Waals surface area contributed by atoms with Gasteiger partial charge in [-0.1, -0.05) is 68.1 Å². The molecule has 0 fully saturated rings. The molecule has 2 N–H and O–H groups in total. The van der Waals surface area contributed by atoms with Gasteiger partial charge in [-0.25, -0.2) is 4.79 Å². The molecule has 2 rings (SSSR count). The zero-order chi connectivity index (χ0) is 31.0. The van der Waals surface area contributed by atoms with Crippen molar-refractivity contribution in [2.24, 2.45) is 0 Å². The molecule has 0 atom stereocenters. The SMILES string of the molecule is C.CC(=O)C(F)(F)CN(Cc1ccccc1)Cc1ccccc1.CC(=O)C(F)(F)CNC(=O)OC(C)(C)C.CCO. The summed E-state index contributed by atoms with van der Waals surface area (Å²) in [6, 6.07) is 18.8. The summed E-state index contributed by atoms with van der Waals surface area (Å²) in [7, 11) is 0. The van der Waals surface area contributed by atoms with E-state index in [1.165, 1.54) is 0 Å². The van der Waals surface area contributed by atoms with E-state index >= 15 is 0 Å². The van der Waals surface area contributed by atoms with Crippen LogP contribution in [0.25, 0.3) is 0 Å². The van der Waals surface area contributed by atoms with Crippen molar-refractivity contribution >= 4 is 17.7 Å². The van der Waals surface area contributed by atoms with Crippen molar-refractivity contribution < 1.29 is 41.8 Å². The summed E-state index contributed by atoms with van der Waals surface area (Å²) in [5, 5.41) is 9.40. The van der Waals surface area contributed by atoms with Gasteiger partial charge in [0.05, 0.1) is 13.1 Å². The van der Waals surface area contributed by atoms with E-state index in [4.69, 9.17) is 9.84 Å². The Morgan fingerprint density at radius 3 is 1.49 bits per heavy atom. The number of benzene rings is 2. The maximum absolute atomic E-state index is 13.8. The van der Waals surface area contributed by atoms with Crippen LogP contribution in [-0.2, 0) is 27.4 Å². The van der Waals surface area contributed by atoms with E-state index in [1.807, 2.05) is 66.0 Å². The highest BCUT2D eigenvalue weighted by atomic mass is 19.3. The van der Waals surface area contributed by atoms with E-state index in [0.29, 0.717) is 13.1 Å². The summed E-state index contributed by atoms with van der Waals surface area (Å²) < 4.78 is 57.8. The minimum Gasteiger partial charge on any atom is -0.444 e. The summed E-state index contributed by atoms with van der Waals surface area (Å²) >= 11 is 0. The summed E-state index contributed by atoms with van der Waals surface area (Å²) in [6.07, 6.45) is -0.969. The number of alkyl halides is 4. The maximum Gasteiger partial charge on any atom is 0.407 e. The number of nitrogens with one attached hydrogen (secondary N) is 1. The van der Waals surface area contributed by atoms with E-state index in [-0.39, 0.29) is 14.0 Å². The predicted molar refractivity (Wildman–Crippen MR) is 152 cm³/mol. The lowest BCUT2D eigenvalue weighted by Gasteiger charge is -2.26. The Hall–Kier alpha value is -3.31. The topological polar surface area (TPSA) is 95.9 Å². The third-order valence-electron chi connectivity index (χ3n) is 4.80. The number of carbonyl (C=O) groups excluding carboxylic acids is 3. The second-order valence-electron chi connectivity index (χ2n) is 9.81. The Labute approximate surface area is 240 Å². The molecule has 0 spiro atoms. The van der Waals surface area contributed by atoms with Gasteiger partial charge in [-0.15, -0.1) is 0 Å². The summed E-state index contributed by atoms with van der Waals surface area (Å²) in [5.74, 6) is -9.27. The molecular formula is C30H44F4N2O5. The number of alkyl carbamates (subject to hydrolysis) is 1. The van der Waals surface area contributed by atoms with Crippen molar-refractivity contribution in [1.29, 1.82) is 0 Å². The molecule has 7 nitrogen and oxygen atoms in total. The largest absolute Gasteiger partial charge is 0.444 e. The molecule has 0 unspecified atom stereocenters. The lowest BCUT2D eigenvalue weighted by molar-refractivity contribution is -0.143. The molecule has 1 amide bonds. The number of hydrogen-bond acceptors (Lipinski definition) is 6. The van der Waals surface area contributed by atoms with Gasteiger partial charge in [-0.05, 0) is 38.8 Å². The van der Waals surface area contributed by atoms with Crippen molar-refractivity contribution in [3.63, 3.8) is 0 Å². The van der Waals surface area contributed by atoms with Crippen LogP contribution in [0.2, 0.25) is 0 Å². The van der Waals surface area contributed by atoms with Crippen LogP contribution < -0.4 is 5.32 Å². The molecule has 11 heteroatoms. The van der Waals surface area contributed by atoms with Crippen LogP contribution in [0.3, 0.4) is 0 Å². The van der Waals surface area contributed by atoms with Crippen LogP contribution in [-0.4, -0.2) is 64.8 Å². The third kappa shape index (κ3) is 18.6. The molecule has 0 aliphatic heterocycles. The van der Waals surface area contributed by atoms with Gasteiger partial charge in [0.25, 0.3) is 0 Å². The van der Waals surface area contributed by atoms with Crippen molar-refractivity contribution in [3.05, 3.63) is 71.8 Å². The van der Waals surface area contributed by atoms with Crippen molar-refractivity contribution in [2.45, 2.75) is 79.5 Å². The third-order valence-corrected chi connectivity index (χ3v) is 4.80. The summed E-state index contributed by atoms with van der Waals surface area (Å²) in [5.41, 5.74) is 1.13. The highest BCUT2D eigenvalue weighted by Crippen LogP contribution is 2.20. The van der Waals surface area contributed by atoms with Crippen LogP contribution in [0.5, 0.6) is 0 Å². The fourth-order valence-electron chi connectivity index (χ4n) is 2.86. The fraction of sp³-hybridized carbons (Fsp3) is 0.500. The number of nitrogens with zero attached hydrogens (tertiary/aromatic N) is 1. The van der Waals surface area contributed by atoms with Gasteiger partial charge in [0.2, 0.25) is 5.78 Å². The van der Waals surface area contributed by atoms with E-state index in [9.17, 15) is 31.9 Å². The number of amides is 1. The van der Waals surface area contributed by atoms with Crippen LogP contribution in [0.1, 0.15) is 60.1 Å². The molecule has 0 saturated carbocycles. The second-order valence-corrected chi connectivity index (χ2v) is 9.81. The van der Waals surface area contributed by atoms with Gasteiger partial charge in [0.15, 0.2) is 5.78 Å². The normalized spacial score (nSPS) is 11.1. The first-order valence-electron chi connectivity index (χ1n) is 12.6. The maximum atomic E-state index is 13.8. The number of aliphatic hydroxyl groups is 1. The van der Waals surface area contributed by atoms with E-state index < -0.39 is 48.2 Å². The molecule has 0 aliphatic rings. The molecule has 0 bridgehead atoms. The molecule has 232 valence electrons. The molecule has 2 aromatic carbocycles. The standard InChI is InChI=1S/C18H19F2NO.C9H15F2NO3.C2H6O.CH4/c1-15(22)18(19,20)14-21(12-16-8-4-2-5-9-16)13-17-10-6-3-7-11-17;1-6(13)9(10,11)5-12-7(14)15-8(2,3)4;1-2-3;/h2-11H,12-14H2,1H3;5H2,1-4H3,(H,12,14);3H,2H2,1H3;1H4. The van der Waals surface area contributed by atoms with Gasteiger partial charge in [0.1, 0.15) is 5.60 Å². The first-order valence-corrected chi connectivity index (χ1v) is 12.6. The van der Waals surface area contributed by atoms with Gasteiger partial charge < -0.3 is 15.2 Å². The number of ether oxygens (including phenoxy) is 1. The number of Topliss-reactive ketones (excluding diaryl/α,β-unsaturated/α-hetero) is 2. The molecule has 0 saturated heterocycles. The van der Waals surface area contributed by atoms with Crippen LogP contribution in [0.4, 0.5) is 22.4 Å². The number of hydrogen-bond donors (Lipinski definition) is 2. The minimum atomic E-state index is -3.54. The highest BCUT2D eigenvalue weighted by molar-refractivity contribution is 5.84. The number of ketones is 2. The number of aliphatic hydroxyl groups excluding tert-OH is 1. The number of halogens is 4. The van der Waals surface area contributed by atoms with E-state index in [2.05, 4.69) is 0 Å². The summed E-state index contributed by atoms with van der Waals surface area (Å²) in [6.45, 7) is 7.57. The molecule has 0 aliphatic carbocycles. The summed E-state index contributed by atoms with van der Waals surface area (Å²) in [4.78, 5) is 34.1. The van der Waals surface area contributed by atoms with Crippen molar-refractivity contribution in [2.75, 3.05) is 19.7 Å². The van der Waals surface area contributed by atoms with E-state index in [1.54, 1.807) is 32.6 Å². The van der Waals surface area contributed by atoms with Crippen LogP contribution in [0.15, 0.2) is 60.7 Å². The molecule has 2 aromatic rings. The van der Waals surface area contributed by atoms with Crippen LogP contribution >= 0.6 is 0 Å². The molecule has 0 aromatic heterocycles. The lowest BCUT2D eigenvalue weighted by Crippen LogP contribution is -2.43. The minimum absolute atomic E-state index is 0. The molecule has 0 heterocycles. The first kappa shape index (κ1) is 39.8. The van der Waals surface area contributed by atoms with Gasteiger partial charge in [-0.3, -0.25) is 14.5 Å². The second kappa shape index (κ2) is 18.9. The van der Waals surface area contributed by atoms with Gasteiger partial charge in [0, 0.05) is 33.5 Å². The average Bonchev–Trinajstić information content (AvgIpc) is 2.83. The van der Waals surface area contributed by atoms with Gasteiger partial charge >= 0.3 is 17.9 Å². The monoisotopic (exact) mass is 588 g/mol. The van der Waals surface area contributed by atoms with Crippen molar-refractivity contribution in [3.8, 4) is 0 Å². The highest BCUT2D eigenvalue weighted by Gasteiger charge is 2.37. The molecule has 0 radical (unpaired) electrons. The Kier molecular flexibility index (Phi) is 18.4. The number of carbonyl (C=O) groups is 3. The average molecular weight is 589 g/mol. The Morgan fingerprint density at radius 2 is 1.17 bits per heavy atom. The number of rotatable bonds is 10. The fourth-order valence-corrected chi connectivity index (χ4v) is 2.86. The zero-order valence-corrected chi connectivity index (χ0v) is 23.8. The molecular weight excluding hydrogens is 544 g/mol. The van der Waals surface area contributed by atoms with Crippen molar-refractivity contribution in [1.82, 2.24) is 10.2 Å².